The summed E-state index contributed by atoms with van der Waals surface area (Å²) in [6.07, 6.45) is 0. The van der Waals surface area contributed by atoms with Gasteiger partial charge < -0.3 is 9.72 Å². The molecule has 102 valence electrons. The molecule has 0 amide bonds. The highest BCUT2D eigenvalue weighted by Crippen LogP contribution is 2.25. The fourth-order valence-corrected chi connectivity index (χ4v) is 2.66. The van der Waals surface area contributed by atoms with E-state index in [9.17, 15) is 4.39 Å². The van der Waals surface area contributed by atoms with Gasteiger partial charge in [-0.2, -0.15) is 0 Å². The number of halogens is 1. The lowest BCUT2D eigenvalue weighted by Gasteiger charge is -2.09. The molecule has 0 fully saturated rings. The molecule has 5 heteroatoms. The van der Waals surface area contributed by atoms with Crippen molar-refractivity contribution in [2.45, 2.75) is 6.92 Å². The number of hydrogen-bond acceptors (Lipinski definition) is 2. The number of fused-ring (bicyclic) bond motifs is 1. The van der Waals surface area contributed by atoms with E-state index in [-0.39, 0.29) is 5.82 Å². The predicted octanol–water partition coefficient (Wildman–Crippen LogP) is 4.14. The van der Waals surface area contributed by atoms with E-state index in [0.717, 1.165) is 22.5 Å². The second-order valence-corrected chi connectivity index (χ2v) is 4.97. The Morgan fingerprint density at radius 3 is 2.70 bits per heavy atom. The topological polar surface area (TPSA) is 29.9 Å². The van der Waals surface area contributed by atoms with Gasteiger partial charge in [-0.25, -0.2) is 4.39 Å². The van der Waals surface area contributed by atoms with Gasteiger partial charge in [0.2, 0.25) is 0 Å². The molecular formula is C15H13FN2OS. The number of nitrogens with one attached hydrogen (secondary N) is 1. The Balaban J connectivity index is 2.26. The molecule has 0 bridgehead atoms. The van der Waals surface area contributed by atoms with Gasteiger partial charge in [-0.15, -0.1) is 0 Å². The number of rotatable bonds is 2. The van der Waals surface area contributed by atoms with Crippen LogP contribution >= 0.6 is 12.2 Å². The van der Waals surface area contributed by atoms with E-state index in [1.807, 2.05) is 29.7 Å². The SMILES string of the molecule is COc1ccc(-n2c(=S)[nH]c3cc(F)ccc32)cc1C. The molecule has 0 radical (unpaired) electrons. The van der Waals surface area contributed by atoms with Crippen LogP contribution in [0.15, 0.2) is 36.4 Å². The van der Waals surface area contributed by atoms with Crippen LogP contribution in [0, 0.1) is 17.5 Å². The van der Waals surface area contributed by atoms with E-state index in [1.165, 1.54) is 12.1 Å². The summed E-state index contributed by atoms with van der Waals surface area (Å²) in [7, 11) is 1.64. The first kappa shape index (κ1) is 12.9. The second kappa shape index (κ2) is 4.76. The molecule has 2 aromatic carbocycles. The Labute approximate surface area is 120 Å². The first-order chi connectivity index (χ1) is 9.60. The molecule has 20 heavy (non-hydrogen) atoms. The zero-order valence-corrected chi connectivity index (χ0v) is 11.9. The van der Waals surface area contributed by atoms with Gasteiger partial charge in [0.15, 0.2) is 4.77 Å². The van der Waals surface area contributed by atoms with Crippen molar-refractivity contribution in [1.29, 1.82) is 0 Å². The highest BCUT2D eigenvalue weighted by Gasteiger charge is 2.09. The predicted molar refractivity (Wildman–Crippen MR) is 79.7 cm³/mol. The molecule has 0 aliphatic heterocycles. The number of H-pyrrole nitrogens is 1. The van der Waals surface area contributed by atoms with Crippen molar-refractivity contribution in [3.05, 3.63) is 52.5 Å². The van der Waals surface area contributed by atoms with Crippen molar-refractivity contribution in [2.75, 3.05) is 7.11 Å². The van der Waals surface area contributed by atoms with Crippen molar-refractivity contribution >= 4 is 23.3 Å². The molecule has 0 atom stereocenters. The van der Waals surface area contributed by atoms with Crippen LogP contribution in [0.2, 0.25) is 0 Å². The summed E-state index contributed by atoms with van der Waals surface area (Å²) in [6, 6.07) is 10.4. The molecule has 0 saturated heterocycles. The van der Waals surface area contributed by atoms with E-state index < -0.39 is 0 Å². The minimum absolute atomic E-state index is 0.285. The van der Waals surface area contributed by atoms with Gasteiger partial charge in [0.25, 0.3) is 0 Å². The molecule has 0 saturated carbocycles. The third kappa shape index (κ3) is 2.00. The standard InChI is InChI=1S/C15H13FN2OS/c1-9-7-11(4-6-14(9)19-2)18-13-5-3-10(16)8-12(13)17-15(18)20/h3-8H,1-2H3,(H,17,20). The highest BCUT2D eigenvalue weighted by atomic mass is 32.1. The zero-order chi connectivity index (χ0) is 14.3. The van der Waals surface area contributed by atoms with Gasteiger partial charge >= 0.3 is 0 Å². The lowest BCUT2D eigenvalue weighted by Crippen LogP contribution is -1.96. The van der Waals surface area contributed by atoms with Gasteiger partial charge in [-0.05, 0) is 61.1 Å². The summed E-state index contributed by atoms with van der Waals surface area (Å²) >= 11 is 5.34. The zero-order valence-electron chi connectivity index (χ0n) is 11.1. The van der Waals surface area contributed by atoms with Gasteiger partial charge in [-0.3, -0.25) is 4.57 Å². The number of ether oxygens (including phenoxy) is 1. The van der Waals surface area contributed by atoms with E-state index >= 15 is 0 Å². The van der Waals surface area contributed by atoms with Crippen molar-refractivity contribution in [3.8, 4) is 11.4 Å². The Bertz CT molecular complexity index is 851. The summed E-state index contributed by atoms with van der Waals surface area (Å²) in [5.41, 5.74) is 3.47. The quantitative estimate of drug-likeness (QED) is 0.718. The molecular weight excluding hydrogens is 275 g/mol. The highest BCUT2D eigenvalue weighted by molar-refractivity contribution is 7.71. The average molecular weight is 288 g/mol. The maximum atomic E-state index is 13.3. The molecule has 3 nitrogen and oxygen atoms in total. The van der Waals surface area contributed by atoms with Gasteiger partial charge in [0, 0.05) is 5.69 Å². The third-order valence-electron chi connectivity index (χ3n) is 3.28. The molecule has 3 aromatic rings. The summed E-state index contributed by atoms with van der Waals surface area (Å²) < 4.78 is 20.9. The largest absolute Gasteiger partial charge is 0.496 e. The van der Waals surface area contributed by atoms with Crippen molar-refractivity contribution in [3.63, 3.8) is 0 Å². The summed E-state index contributed by atoms with van der Waals surface area (Å²) in [4.78, 5) is 3.02. The number of benzene rings is 2. The Kier molecular flexibility index (Phi) is 3.06. The minimum Gasteiger partial charge on any atom is -0.496 e. The van der Waals surface area contributed by atoms with Crippen LogP contribution in [0.1, 0.15) is 5.56 Å². The van der Waals surface area contributed by atoms with Crippen LogP contribution in [-0.2, 0) is 0 Å². The molecule has 1 aromatic heterocycles. The number of nitrogens with zero attached hydrogens (tertiary/aromatic N) is 1. The van der Waals surface area contributed by atoms with Gasteiger partial charge in [0.1, 0.15) is 11.6 Å². The Morgan fingerprint density at radius 2 is 2.00 bits per heavy atom. The molecule has 1 N–H and O–H groups in total. The normalized spacial score (nSPS) is 10.9. The maximum absolute atomic E-state index is 13.3. The van der Waals surface area contributed by atoms with Crippen LogP contribution in [0.4, 0.5) is 4.39 Å². The van der Waals surface area contributed by atoms with Gasteiger partial charge in [-0.1, -0.05) is 0 Å². The lowest BCUT2D eigenvalue weighted by molar-refractivity contribution is 0.411. The van der Waals surface area contributed by atoms with E-state index in [4.69, 9.17) is 17.0 Å². The summed E-state index contributed by atoms with van der Waals surface area (Å²) in [6.45, 7) is 1.97. The summed E-state index contributed by atoms with van der Waals surface area (Å²) in [5, 5.41) is 0. The van der Waals surface area contributed by atoms with Crippen LogP contribution in [0.3, 0.4) is 0 Å². The second-order valence-electron chi connectivity index (χ2n) is 4.58. The van der Waals surface area contributed by atoms with Crippen LogP contribution in [0.25, 0.3) is 16.7 Å². The number of methoxy groups -OCH3 is 1. The third-order valence-corrected chi connectivity index (χ3v) is 3.57. The molecule has 0 aliphatic carbocycles. The molecule has 0 unspecified atom stereocenters. The Hall–Kier alpha value is -2.14. The van der Waals surface area contributed by atoms with E-state index in [1.54, 1.807) is 13.2 Å². The van der Waals surface area contributed by atoms with Crippen LogP contribution in [-0.4, -0.2) is 16.7 Å². The van der Waals surface area contributed by atoms with Crippen LogP contribution < -0.4 is 4.74 Å². The van der Waals surface area contributed by atoms with Crippen molar-refractivity contribution in [2.24, 2.45) is 0 Å². The Morgan fingerprint density at radius 1 is 1.20 bits per heavy atom. The van der Waals surface area contributed by atoms with Crippen molar-refractivity contribution < 1.29 is 9.13 Å². The summed E-state index contributed by atoms with van der Waals surface area (Å²) in [5.74, 6) is 0.540. The number of aromatic nitrogens is 2. The number of hydrogen-bond donors (Lipinski definition) is 1. The smallest absolute Gasteiger partial charge is 0.182 e. The average Bonchev–Trinajstić information content (AvgIpc) is 2.73. The molecule has 0 aliphatic rings. The maximum Gasteiger partial charge on any atom is 0.182 e. The van der Waals surface area contributed by atoms with Crippen LogP contribution in [0.5, 0.6) is 5.75 Å². The number of aromatic amines is 1. The van der Waals surface area contributed by atoms with E-state index in [2.05, 4.69) is 4.98 Å². The molecule has 3 rings (SSSR count). The minimum atomic E-state index is -0.285. The first-order valence-corrected chi connectivity index (χ1v) is 6.56. The lowest BCUT2D eigenvalue weighted by atomic mass is 10.2. The van der Waals surface area contributed by atoms with E-state index in [0.29, 0.717) is 10.3 Å². The fraction of sp³-hybridized carbons (Fsp3) is 0.133. The molecule has 1 heterocycles. The fourth-order valence-electron chi connectivity index (χ4n) is 2.34. The number of imidazole rings is 1. The number of aryl methyl sites for hydroxylation is 1. The molecule has 0 spiro atoms. The van der Waals surface area contributed by atoms with Gasteiger partial charge in [0.05, 0.1) is 18.1 Å². The first-order valence-electron chi connectivity index (χ1n) is 6.15. The monoisotopic (exact) mass is 288 g/mol. The van der Waals surface area contributed by atoms with Crippen molar-refractivity contribution in [1.82, 2.24) is 9.55 Å².